The van der Waals surface area contributed by atoms with Crippen LogP contribution in [0.5, 0.6) is 0 Å². The zero-order valence-electron chi connectivity index (χ0n) is 9.61. The van der Waals surface area contributed by atoms with Gasteiger partial charge < -0.3 is 10.6 Å². The summed E-state index contributed by atoms with van der Waals surface area (Å²) in [5.41, 5.74) is 7.20. The lowest BCUT2D eigenvalue weighted by Gasteiger charge is -2.39. The highest BCUT2D eigenvalue weighted by atomic mass is 16.6. The lowest BCUT2D eigenvalue weighted by molar-refractivity contribution is -0.383. The van der Waals surface area contributed by atoms with Crippen LogP contribution in [0, 0.1) is 10.1 Å². The Morgan fingerprint density at radius 3 is 2.83 bits per heavy atom. The second-order valence-corrected chi connectivity index (χ2v) is 4.43. The third-order valence-electron chi connectivity index (χ3n) is 3.17. The number of non-ortho nitro benzene ring substituents is 1. The maximum atomic E-state index is 11.0. The van der Waals surface area contributed by atoms with E-state index in [0.717, 1.165) is 24.2 Å². The second-order valence-electron chi connectivity index (χ2n) is 4.43. The van der Waals surface area contributed by atoms with Crippen LogP contribution in [-0.2, 0) is 0 Å². The summed E-state index contributed by atoms with van der Waals surface area (Å²) >= 11 is 0. The summed E-state index contributed by atoms with van der Waals surface area (Å²) in [5.74, 6) is 0. The number of pyridine rings is 1. The quantitative estimate of drug-likeness (QED) is 0.635. The number of benzene rings is 1. The van der Waals surface area contributed by atoms with Gasteiger partial charge >= 0.3 is 0 Å². The zero-order chi connectivity index (χ0) is 12.7. The molecule has 0 radical (unpaired) electrons. The van der Waals surface area contributed by atoms with Crippen LogP contribution in [0.2, 0.25) is 0 Å². The molecule has 0 amide bonds. The van der Waals surface area contributed by atoms with Gasteiger partial charge in [-0.15, -0.1) is 0 Å². The van der Waals surface area contributed by atoms with Gasteiger partial charge in [-0.25, -0.2) is 4.98 Å². The highest BCUT2D eigenvalue weighted by molar-refractivity contribution is 5.96. The smallest absolute Gasteiger partial charge is 0.295 e. The summed E-state index contributed by atoms with van der Waals surface area (Å²) in [6.07, 6.45) is 1.61. The third kappa shape index (κ3) is 1.58. The third-order valence-corrected chi connectivity index (χ3v) is 3.17. The number of aromatic nitrogens is 1. The summed E-state index contributed by atoms with van der Waals surface area (Å²) in [6.45, 7) is 1.56. The molecule has 0 atom stereocenters. The van der Waals surface area contributed by atoms with Crippen molar-refractivity contribution in [1.29, 1.82) is 0 Å². The molecular formula is C12H12N4O2. The van der Waals surface area contributed by atoms with Gasteiger partial charge in [0.05, 0.1) is 4.92 Å². The highest BCUT2D eigenvalue weighted by Crippen LogP contribution is 2.32. The van der Waals surface area contributed by atoms with Crippen LogP contribution >= 0.6 is 0 Å². The van der Waals surface area contributed by atoms with Gasteiger partial charge in [0.15, 0.2) is 0 Å². The first-order chi connectivity index (χ1) is 8.66. The normalized spacial score (nSPS) is 15.7. The van der Waals surface area contributed by atoms with E-state index in [1.165, 1.54) is 6.07 Å². The number of nitrogens with two attached hydrogens (primary N) is 1. The summed E-state index contributed by atoms with van der Waals surface area (Å²) in [7, 11) is 0. The number of fused-ring (bicyclic) bond motifs is 1. The Morgan fingerprint density at radius 2 is 2.17 bits per heavy atom. The van der Waals surface area contributed by atoms with E-state index in [1.54, 1.807) is 12.3 Å². The molecule has 0 unspecified atom stereocenters. The van der Waals surface area contributed by atoms with E-state index in [-0.39, 0.29) is 11.7 Å². The summed E-state index contributed by atoms with van der Waals surface area (Å²) in [5, 5.41) is 11.8. The van der Waals surface area contributed by atoms with Gasteiger partial charge in [-0.1, -0.05) is 12.1 Å². The minimum atomic E-state index is -0.402. The minimum absolute atomic E-state index is 0.0409. The molecule has 6 nitrogen and oxygen atoms in total. The van der Waals surface area contributed by atoms with E-state index >= 15 is 0 Å². The fraction of sp³-hybridized carbons (Fsp3) is 0.250. The number of rotatable bonds is 2. The van der Waals surface area contributed by atoms with E-state index < -0.39 is 4.92 Å². The van der Waals surface area contributed by atoms with Crippen molar-refractivity contribution < 1.29 is 4.92 Å². The van der Waals surface area contributed by atoms with Gasteiger partial charge in [0.1, 0.15) is 5.52 Å². The fourth-order valence-electron chi connectivity index (χ4n) is 2.28. The number of anilines is 1. The fourth-order valence-corrected chi connectivity index (χ4v) is 2.28. The molecule has 6 heteroatoms. The molecule has 2 N–H and O–H groups in total. The first kappa shape index (κ1) is 10.9. The van der Waals surface area contributed by atoms with Gasteiger partial charge in [0.2, 0.25) is 0 Å². The topological polar surface area (TPSA) is 85.3 Å². The maximum Gasteiger partial charge on any atom is 0.295 e. The summed E-state index contributed by atoms with van der Waals surface area (Å²) in [6, 6.07) is 7.07. The predicted octanol–water partition coefficient (Wildman–Crippen LogP) is 1.29. The molecule has 0 saturated carbocycles. The van der Waals surface area contributed by atoms with Crippen LogP contribution in [0.4, 0.5) is 11.4 Å². The van der Waals surface area contributed by atoms with Crippen LogP contribution in [0.1, 0.15) is 0 Å². The molecule has 1 aliphatic rings. The summed E-state index contributed by atoms with van der Waals surface area (Å²) < 4.78 is 0. The number of nitro groups is 1. The Labute approximate surface area is 103 Å². The molecule has 0 spiro atoms. The van der Waals surface area contributed by atoms with Gasteiger partial charge in [-0.05, 0) is 6.07 Å². The Kier molecular flexibility index (Phi) is 2.38. The number of nitrogens with zero attached hydrogens (tertiary/aromatic N) is 3. The Hall–Kier alpha value is -2.21. The van der Waals surface area contributed by atoms with Crippen molar-refractivity contribution in [3.8, 4) is 0 Å². The average molecular weight is 244 g/mol. The minimum Gasteiger partial charge on any atom is -0.368 e. The molecular weight excluding hydrogens is 232 g/mol. The number of nitro benzene ring substituents is 1. The Morgan fingerprint density at radius 1 is 1.39 bits per heavy atom. The Bertz CT molecular complexity index is 623. The molecule has 1 aromatic heterocycles. The molecule has 1 aliphatic heterocycles. The van der Waals surface area contributed by atoms with Crippen molar-refractivity contribution in [2.24, 2.45) is 5.73 Å². The SMILES string of the molecule is NC1CN(c2ccnc3c([N+](=O)[O-])cccc23)C1. The van der Waals surface area contributed by atoms with Gasteiger partial charge in [-0.3, -0.25) is 10.1 Å². The molecule has 92 valence electrons. The molecule has 0 bridgehead atoms. The van der Waals surface area contributed by atoms with E-state index in [1.807, 2.05) is 12.1 Å². The number of hydrogen-bond donors (Lipinski definition) is 1. The van der Waals surface area contributed by atoms with E-state index in [9.17, 15) is 10.1 Å². The summed E-state index contributed by atoms with van der Waals surface area (Å²) in [4.78, 5) is 16.8. The monoisotopic (exact) mass is 244 g/mol. The van der Waals surface area contributed by atoms with Crippen LogP contribution in [0.3, 0.4) is 0 Å². The van der Waals surface area contributed by atoms with Crippen LogP contribution in [0.25, 0.3) is 10.9 Å². The first-order valence-electron chi connectivity index (χ1n) is 5.69. The second kappa shape index (κ2) is 3.92. The molecule has 1 fully saturated rings. The standard InChI is InChI=1S/C12H12N4O2/c13-8-6-15(7-8)10-4-5-14-12-9(10)2-1-3-11(12)16(17)18/h1-5,8H,6-7,13H2. The van der Waals surface area contributed by atoms with Crippen molar-refractivity contribution in [3.63, 3.8) is 0 Å². The largest absolute Gasteiger partial charge is 0.368 e. The van der Waals surface area contributed by atoms with Crippen LogP contribution < -0.4 is 10.6 Å². The molecule has 2 heterocycles. The molecule has 3 rings (SSSR count). The van der Waals surface area contributed by atoms with Crippen molar-refractivity contribution in [2.75, 3.05) is 18.0 Å². The van der Waals surface area contributed by atoms with Gasteiger partial charge in [0, 0.05) is 42.5 Å². The van der Waals surface area contributed by atoms with Gasteiger partial charge in [0.25, 0.3) is 5.69 Å². The Balaban J connectivity index is 2.17. The molecule has 1 saturated heterocycles. The molecule has 0 aliphatic carbocycles. The van der Waals surface area contributed by atoms with Crippen LogP contribution in [0.15, 0.2) is 30.5 Å². The average Bonchev–Trinajstić information content (AvgIpc) is 2.33. The lowest BCUT2D eigenvalue weighted by Crippen LogP contribution is -2.55. The van der Waals surface area contributed by atoms with Crippen molar-refractivity contribution in [2.45, 2.75) is 6.04 Å². The van der Waals surface area contributed by atoms with E-state index in [0.29, 0.717) is 5.52 Å². The van der Waals surface area contributed by atoms with Crippen molar-refractivity contribution in [3.05, 3.63) is 40.6 Å². The number of hydrogen-bond acceptors (Lipinski definition) is 5. The lowest BCUT2D eigenvalue weighted by atomic mass is 10.1. The van der Waals surface area contributed by atoms with E-state index in [2.05, 4.69) is 9.88 Å². The molecule has 2 aromatic rings. The first-order valence-corrected chi connectivity index (χ1v) is 5.69. The zero-order valence-corrected chi connectivity index (χ0v) is 9.61. The molecule has 18 heavy (non-hydrogen) atoms. The predicted molar refractivity (Wildman–Crippen MR) is 68.6 cm³/mol. The van der Waals surface area contributed by atoms with E-state index in [4.69, 9.17) is 5.73 Å². The van der Waals surface area contributed by atoms with Crippen LogP contribution in [-0.4, -0.2) is 29.0 Å². The number of para-hydroxylation sites is 1. The highest BCUT2D eigenvalue weighted by Gasteiger charge is 2.25. The molecule has 1 aromatic carbocycles. The van der Waals surface area contributed by atoms with Crippen molar-refractivity contribution in [1.82, 2.24) is 4.98 Å². The maximum absolute atomic E-state index is 11.0. The van der Waals surface area contributed by atoms with Gasteiger partial charge in [-0.2, -0.15) is 0 Å². The van der Waals surface area contributed by atoms with Crippen molar-refractivity contribution >= 4 is 22.3 Å².